The topological polar surface area (TPSA) is 73.2 Å². The van der Waals surface area contributed by atoms with Crippen LogP contribution in [0.4, 0.5) is 4.79 Å². The Balaban J connectivity index is 2.37. The van der Waals surface area contributed by atoms with Gasteiger partial charge in [-0.1, -0.05) is 0 Å². The van der Waals surface area contributed by atoms with E-state index >= 15 is 0 Å². The van der Waals surface area contributed by atoms with Gasteiger partial charge in [0.15, 0.2) is 0 Å². The molecule has 1 aliphatic rings. The maximum Gasteiger partial charge on any atom is 0.410 e. The van der Waals surface area contributed by atoms with Crippen molar-refractivity contribution in [1.29, 1.82) is 0 Å². The molecule has 1 fully saturated rings. The zero-order valence-electron chi connectivity index (χ0n) is 12.8. The van der Waals surface area contributed by atoms with Crippen LogP contribution in [0, 0.1) is 0 Å². The molecule has 0 aromatic carbocycles. The monoisotopic (exact) mass is 288 g/mol. The van der Waals surface area contributed by atoms with Crippen LogP contribution in [0.2, 0.25) is 0 Å². The van der Waals surface area contributed by atoms with Gasteiger partial charge in [0, 0.05) is 45.4 Å². The minimum Gasteiger partial charge on any atom is -0.444 e. The first-order chi connectivity index (χ1) is 9.37. The van der Waals surface area contributed by atoms with Crippen LogP contribution in [0.25, 0.3) is 0 Å². The van der Waals surface area contributed by atoms with E-state index in [1.807, 2.05) is 20.8 Å². The summed E-state index contributed by atoms with van der Waals surface area (Å²) in [6.07, 6.45) is 1.17. The number of hydrogen-bond donors (Lipinski definition) is 2. The van der Waals surface area contributed by atoms with E-state index in [4.69, 9.17) is 14.9 Å². The summed E-state index contributed by atoms with van der Waals surface area (Å²) >= 11 is 0. The highest BCUT2D eigenvalue weighted by molar-refractivity contribution is 5.69. The molecular formula is C14H28N2O4. The highest BCUT2D eigenvalue weighted by atomic mass is 16.6. The number of aliphatic hydroxyl groups excluding tert-OH is 2. The second-order valence-corrected chi connectivity index (χ2v) is 6.23. The summed E-state index contributed by atoms with van der Waals surface area (Å²) in [7, 11) is 0. The average Bonchev–Trinajstić information content (AvgIpc) is 2.27. The van der Waals surface area contributed by atoms with Gasteiger partial charge in [0.2, 0.25) is 0 Å². The Bertz CT molecular complexity index is 290. The van der Waals surface area contributed by atoms with Crippen molar-refractivity contribution in [3.8, 4) is 0 Å². The van der Waals surface area contributed by atoms with Crippen LogP contribution in [0.5, 0.6) is 0 Å². The third-order valence-corrected chi connectivity index (χ3v) is 3.24. The minimum absolute atomic E-state index is 0.165. The molecule has 0 radical (unpaired) electrons. The van der Waals surface area contributed by atoms with Gasteiger partial charge in [-0.25, -0.2) is 4.79 Å². The van der Waals surface area contributed by atoms with Crippen LogP contribution in [0.1, 0.15) is 33.6 Å². The lowest BCUT2D eigenvalue weighted by atomic mass is 10.1. The van der Waals surface area contributed by atoms with Gasteiger partial charge >= 0.3 is 6.09 Å². The Kier molecular flexibility index (Phi) is 6.71. The maximum absolute atomic E-state index is 11.8. The third kappa shape index (κ3) is 5.64. The SMILES string of the molecule is CC(C)(C)OC(=O)N1CC(N(CCCO)CCCO)C1. The Labute approximate surface area is 121 Å². The van der Waals surface area contributed by atoms with E-state index in [0.29, 0.717) is 32.0 Å². The largest absolute Gasteiger partial charge is 0.444 e. The van der Waals surface area contributed by atoms with Crippen molar-refractivity contribution in [3.05, 3.63) is 0 Å². The summed E-state index contributed by atoms with van der Waals surface area (Å²) in [6.45, 7) is 8.81. The molecule has 0 spiro atoms. The molecule has 0 unspecified atom stereocenters. The number of likely N-dealkylation sites (tertiary alicyclic amines) is 1. The highest BCUT2D eigenvalue weighted by Crippen LogP contribution is 2.19. The van der Waals surface area contributed by atoms with Gasteiger partial charge in [0.25, 0.3) is 0 Å². The zero-order valence-corrected chi connectivity index (χ0v) is 12.8. The number of amides is 1. The van der Waals surface area contributed by atoms with Gasteiger partial charge in [-0.2, -0.15) is 0 Å². The lowest BCUT2D eigenvalue weighted by molar-refractivity contribution is -0.0171. The van der Waals surface area contributed by atoms with Crippen molar-refractivity contribution in [2.24, 2.45) is 0 Å². The molecule has 1 rings (SSSR count). The summed E-state index contributed by atoms with van der Waals surface area (Å²) in [6, 6.07) is 0.306. The van der Waals surface area contributed by atoms with Gasteiger partial charge in [0.1, 0.15) is 5.60 Å². The summed E-state index contributed by atoms with van der Waals surface area (Å²) in [5, 5.41) is 17.8. The lowest BCUT2D eigenvalue weighted by Gasteiger charge is -2.45. The van der Waals surface area contributed by atoms with Gasteiger partial charge in [-0.05, 0) is 33.6 Å². The van der Waals surface area contributed by atoms with E-state index in [1.165, 1.54) is 0 Å². The maximum atomic E-state index is 11.8. The molecule has 2 N–H and O–H groups in total. The van der Waals surface area contributed by atoms with E-state index in [-0.39, 0.29) is 19.3 Å². The Morgan fingerprint density at radius 3 is 2.10 bits per heavy atom. The van der Waals surface area contributed by atoms with Crippen molar-refractivity contribution in [2.45, 2.75) is 45.3 Å². The molecule has 0 saturated carbocycles. The summed E-state index contributed by atoms with van der Waals surface area (Å²) < 4.78 is 5.32. The fraction of sp³-hybridized carbons (Fsp3) is 0.929. The number of aliphatic hydroxyl groups is 2. The Morgan fingerprint density at radius 1 is 1.20 bits per heavy atom. The van der Waals surface area contributed by atoms with E-state index in [1.54, 1.807) is 4.90 Å². The summed E-state index contributed by atoms with van der Waals surface area (Å²) in [5.41, 5.74) is -0.463. The van der Waals surface area contributed by atoms with E-state index in [2.05, 4.69) is 4.90 Å². The molecule has 0 bridgehead atoms. The van der Waals surface area contributed by atoms with Crippen LogP contribution in [0.15, 0.2) is 0 Å². The molecule has 0 aromatic rings. The van der Waals surface area contributed by atoms with Crippen molar-refractivity contribution in [2.75, 3.05) is 39.4 Å². The van der Waals surface area contributed by atoms with Gasteiger partial charge in [0.05, 0.1) is 0 Å². The quantitative estimate of drug-likeness (QED) is 0.720. The van der Waals surface area contributed by atoms with Crippen LogP contribution in [0.3, 0.4) is 0 Å². The molecule has 20 heavy (non-hydrogen) atoms. The molecule has 6 nitrogen and oxygen atoms in total. The van der Waals surface area contributed by atoms with Crippen LogP contribution < -0.4 is 0 Å². The molecule has 6 heteroatoms. The molecule has 1 saturated heterocycles. The smallest absolute Gasteiger partial charge is 0.410 e. The first kappa shape index (κ1) is 17.2. The zero-order chi connectivity index (χ0) is 15.2. The summed E-state index contributed by atoms with van der Waals surface area (Å²) in [4.78, 5) is 15.8. The molecule has 1 heterocycles. The first-order valence-electron chi connectivity index (χ1n) is 7.31. The molecule has 0 aromatic heterocycles. The highest BCUT2D eigenvalue weighted by Gasteiger charge is 2.36. The Morgan fingerprint density at radius 2 is 1.70 bits per heavy atom. The predicted molar refractivity (Wildman–Crippen MR) is 76.6 cm³/mol. The normalized spacial score (nSPS) is 16.4. The second-order valence-electron chi connectivity index (χ2n) is 6.23. The van der Waals surface area contributed by atoms with Crippen molar-refractivity contribution < 1.29 is 19.7 Å². The van der Waals surface area contributed by atoms with Gasteiger partial charge in [-0.15, -0.1) is 0 Å². The van der Waals surface area contributed by atoms with Crippen molar-refractivity contribution in [3.63, 3.8) is 0 Å². The van der Waals surface area contributed by atoms with Gasteiger partial charge < -0.3 is 19.8 Å². The number of carbonyl (C=O) groups excluding carboxylic acids is 1. The first-order valence-corrected chi connectivity index (χ1v) is 7.31. The second kappa shape index (κ2) is 7.81. The number of nitrogens with zero attached hydrogens (tertiary/aromatic N) is 2. The third-order valence-electron chi connectivity index (χ3n) is 3.24. The molecular weight excluding hydrogens is 260 g/mol. The number of hydrogen-bond acceptors (Lipinski definition) is 5. The van der Waals surface area contributed by atoms with Crippen LogP contribution >= 0.6 is 0 Å². The standard InChI is InChI=1S/C14H28N2O4/c1-14(2,3)20-13(19)16-10-12(11-16)15(6-4-8-17)7-5-9-18/h12,17-18H,4-11H2,1-3H3. The fourth-order valence-electron chi connectivity index (χ4n) is 2.19. The van der Waals surface area contributed by atoms with Gasteiger partial charge in [-0.3, -0.25) is 4.90 Å². The lowest BCUT2D eigenvalue weighted by Crippen LogP contribution is -2.62. The number of carbonyl (C=O) groups is 1. The molecule has 0 aliphatic carbocycles. The van der Waals surface area contributed by atoms with E-state index < -0.39 is 5.60 Å². The molecule has 0 atom stereocenters. The molecule has 118 valence electrons. The van der Waals surface area contributed by atoms with Crippen molar-refractivity contribution >= 4 is 6.09 Å². The number of rotatable bonds is 7. The fourth-order valence-corrected chi connectivity index (χ4v) is 2.19. The molecule has 1 aliphatic heterocycles. The minimum atomic E-state index is -0.463. The summed E-state index contributed by atoms with van der Waals surface area (Å²) in [5.74, 6) is 0. The van der Waals surface area contributed by atoms with Crippen LogP contribution in [-0.4, -0.2) is 77.1 Å². The Hall–Kier alpha value is -0.850. The van der Waals surface area contributed by atoms with E-state index in [0.717, 1.165) is 13.1 Å². The number of ether oxygens (including phenoxy) is 1. The van der Waals surface area contributed by atoms with Crippen LogP contribution in [-0.2, 0) is 4.74 Å². The molecule has 1 amide bonds. The van der Waals surface area contributed by atoms with E-state index in [9.17, 15) is 4.79 Å². The average molecular weight is 288 g/mol. The van der Waals surface area contributed by atoms with Crippen molar-refractivity contribution in [1.82, 2.24) is 9.80 Å². The predicted octanol–water partition coefficient (Wildman–Crippen LogP) is 0.672.